The van der Waals surface area contributed by atoms with E-state index in [0.29, 0.717) is 16.2 Å². The Balaban J connectivity index is 2.12. The lowest BCUT2D eigenvalue weighted by atomic mass is 10.3. The number of aromatic nitrogens is 1. The van der Waals surface area contributed by atoms with Crippen molar-refractivity contribution >= 4 is 72.2 Å². The number of rotatable bonds is 5. The lowest BCUT2D eigenvalue weighted by Gasteiger charge is -2.03. The largest absolute Gasteiger partial charge is 0.315 e. The van der Waals surface area contributed by atoms with Gasteiger partial charge >= 0.3 is 0 Å². The number of nitro benzene ring substituents is 1. The van der Waals surface area contributed by atoms with E-state index in [0.717, 1.165) is 19.8 Å². The van der Waals surface area contributed by atoms with Gasteiger partial charge in [-0.25, -0.2) is 0 Å². The molecule has 0 aliphatic rings. The van der Waals surface area contributed by atoms with Gasteiger partial charge in [-0.2, -0.15) is 16.8 Å². The summed E-state index contributed by atoms with van der Waals surface area (Å²) in [5, 5.41) is 11.0. The molecule has 10 heteroatoms. The summed E-state index contributed by atoms with van der Waals surface area (Å²) in [7, 11) is 0. The monoisotopic (exact) mass is 457 g/mol. The standard InChI is InChI=1S/C15H12BrN3O3S3/c1-23-7-6-18-10-3-2-9(19(21)22)8-12(10)25-15(18)17-14(20)11-4-5-13(16)24-11/h2-5,8H,6-7H2,1H3. The molecule has 0 fully saturated rings. The number of thioether (sulfide) groups is 1. The van der Waals surface area contributed by atoms with Crippen LogP contribution in [0.25, 0.3) is 10.2 Å². The number of nitrogens with zero attached hydrogens (tertiary/aromatic N) is 3. The smallest absolute Gasteiger partial charge is 0.289 e. The van der Waals surface area contributed by atoms with Crippen molar-refractivity contribution in [1.29, 1.82) is 0 Å². The number of thiophene rings is 1. The van der Waals surface area contributed by atoms with Gasteiger partial charge in [0.05, 0.1) is 23.8 Å². The van der Waals surface area contributed by atoms with Crippen molar-refractivity contribution < 1.29 is 9.72 Å². The van der Waals surface area contributed by atoms with Gasteiger partial charge < -0.3 is 4.57 Å². The van der Waals surface area contributed by atoms with E-state index in [4.69, 9.17) is 0 Å². The predicted octanol–water partition coefficient (Wildman–Crippen LogP) is 4.54. The summed E-state index contributed by atoms with van der Waals surface area (Å²) in [5.74, 6) is 0.545. The molecule has 0 atom stereocenters. The SMILES string of the molecule is CSCCn1c(=NC(=O)c2ccc(Br)s2)sc2cc([N+](=O)[O-])ccc21. The van der Waals surface area contributed by atoms with Gasteiger partial charge in [0.2, 0.25) is 0 Å². The van der Waals surface area contributed by atoms with Crippen LogP contribution in [0.2, 0.25) is 0 Å². The third kappa shape index (κ3) is 4.02. The van der Waals surface area contributed by atoms with Crippen molar-refractivity contribution in [2.75, 3.05) is 12.0 Å². The summed E-state index contributed by atoms with van der Waals surface area (Å²) in [6, 6.07) is 8.26. The van der Waals surface area contributed by atoms with Crippen LogP contribution in [0.15, 0.2) is 39.1 Å². The number of fused-ring (bicyclic) bond motifs is 1. The average Bonchev–Trinajstić information content (AvgIpc) is 3.15. The van der Waals surface area contributed by atoms with Crippen LogP contribution in [0.3, 0.4) is 0 Å². The molecule has 130 valence electrons. The number of hydrogen-bond acceptors (Lipinski definition) is 6. The van der Waals surface area contributed by atoms with Crippen molar-refractivity contribution in [3.63, 3.8) is 0 Å². The minimum absolute atomic E-state index is 0.0332. The number of carbonyl (C=O) groups is 1. The number of thiazole rings is 1. The molecule has 0 aliphatic heterocycles. The molecule has 0 radical (unpaired) electrons. The van der Waals surface area contributed by atoms with Crippen LogP contribution in [0.4, 0.5) is 5.69 Å². The molecule has 1 aromatic carbocycles. The third-order valence-corrected chi connectivity index (χ3v) is 6.62. The molecule has 0 unspecified atom stereocenters. The summed E-state index contributed by atoms with van der Waals surface area (Å²) in [4.78, 5) is 28.3. The maximum Gasteiger partial charge on any atom is 0.289 e. The number of halogens is 1. The zero-order chi connectivity index (χ0) is 18.0. The summed E-state index contributed by atoms with van der Waals surface area (Å²) in [6.07, 6.45) is 2.01. The summed E-state index contributed by atoms with van der Waals surface area (Å²) < 4.78 is 3.56. The van der Waals surface area contributed by atoms with E-state index in [9.17, 15) is 14.9 Å². The zero-order valence-electron chi connectivity index (χ0n) is 13.0. The van der Waals surface area contributed by atoms with E-state index in [1.165, 1.54) is 34.8 Å². The van der Waals surface area contributed by atoms with Gasteiger partial charge in [-0.3, -0.25) is 14.9 Å². The zero-order valence-corrected chi connectivity index (χ0v) is 17.0. The molecular weight excluding hydrogens is 446 g/mol. The van der Waals surface area contributed by atoms with Crippen LogP contribution in [0.5, 0.6) is 0 Å². The Morgan fingerprint density at radius 3 is 2.80 bits per heavy atom. The highest BCUT2D eigenvalue weighted by Crippen LogP contribution is 2.25. The fraction of sp³-hybridized carbons (Fsp3) is 0.200. The fourth-order valence-corrected chi connectivity index (χ4v) is 4.95. The lowest BCUT2D eigenvalue weighted by Crippen LogP contribution is -2.18. The molecule has 3 aromatic rings. The van der Waals surface area contributed by atoms with Gasteiger partial charge in [-0.1, -0.05) is 11.3 Å². The number of amides is 1. The predicted molar refractivity (Wildman–Crippen MR) is 107 cm³/mol. The molecule has 0 aliphatic carbocycles. The molecule has 6 nitrogen and oxygen atoms in total. The summed E-state index contributed by atoms with van der Waals surface area (Å²) in [5.41, 5.74) is 0.884. The molecule has 2 aromatic heterocycles. The van der Waals surface area contributed by atoms with E-state index in [1.807, 2.05) is 16.9 Å². The Morgan fingerprint density at radius 1 is 1.36 bits per heavy atom. The van der Waals surface area contributed by atoms with Gasteiger partial charge in [0.25, 0.3) is 11.6 Å². The second kappa shape index (κ2) is 7.81. The van der Waals surface area contributed by atoms with Crippen LogP contribution < -0.4 is 4.80 Å². The van der Waals surface area contributed by atoms with E-state index >= 15 is 0 Å². The highest BCUT2D eigenvalue weighted by atomic mass is 79.9. The normalized spacial score (nSPS) is 12.0. The second-order valence-corrected chi connectivity index (χ2v) is 9.42. The van der Waals surface area contributed by atoms with Crippen LogP contribution in [-0.2, 0) is 6.54 Å². The lowest BCUT2D eigenvalue weighted by molar-refractivity contribution is -0.384. The van der Waals surface area contributed by atoms with Gasteiger partial charge in [0, 0.05) is 24.4 Å². The molecule has 25 heavy (non-hydrogen) atoms. The van der Waals surface area contributed by atoms with Gasteiger partial charge in [-0.15, -0.1) is 11.3 Å². The molecule has 0 N–H and O–H groups in total. The topological polar surface area (TPSA) is 77.5 Å². The maximum absolute atomic E-state index is 12.4. The number of nitro groups is 1. The first kappa shape index (κ1) is 18.3. The molecule has 2 heterocycles. The third-order valence-electron chi connectivity index (χ3n) is 3.38. The molecule has 0 saturated carbocycles. The number of benzene rings is 1. The first-order valence-electron chi connectivity index (χ1n) is 7.10. The van der Waals surface area contributed by atoms with E-state index in [2.05, 4.69) is 20.9 Å². The van der Waals surface area contributed by atoms with Crippen LogP contribution in [-0.4, -0.2) is 27.4 Å². The number of non-ortho nitro benzene ring substituents is 1. The second-order valence-electron chi connectivity index (χ2n) is 4.96. The first-order valence-corrected chi connectivity index (χ1v) is 10.9. The van der Waals surface area contributed by atoms with E-state index < -0.39 is 4.92 Å². The van der Waals surface area contributed by atoms with E-state index in [1.54, 1.807) is 23.9 Å². The van der Waals surface area contributed by atoms with Crippen molar-refractivity contribution in [2.24, 2.45) is 4.99 Å². The van der Waals surface area contributed by atoms with E-state index in [-0.39, 0.29) is 11.6 Å². The Bertz CT molecular complexity index is 1020. The minimum Gasteiger partial charge on any atom is -0.315 e. The van der Waals surface area contributed by atoms with Gasteiger partial charge in [-0.05, 0) is 40.4 Å². The average molecular weight is 458 g/mol. The van der Waals surface area contributed by atoms with Crippen molar-refractivity contribution in [2.45, 2.75) is 6.54 Å². The Labute approximate surface area is 163 Å². The molecule has 0 bridgehead atoms. The van der Waals surface area contributed by atoms with Crippen molar-refractivity contribution in [3.8, 4) is 0 Å². The number of aryl methyl sites for hydroxylation is 1. The Morgan fingerprint density at radius 2 is 2.16 bits per heavy atom. The quantitative estimate of drug-likeness (QED) is 0.416. The number of carbonyl (C=O) groups excluding carboxylic acids is 1. The van der Waals surface area contributed by atoms with Crippen molar-refractivity contribution in [3.05, 3.63) is 53.9 Å². The van der Waals surface area contributed by atoms with Crippen molar-refractivity contribution in [1.82, 2.24) is 4.57 Å². The minimum atomic E-state index is -0.420. The number of hydrogen-bond donors (Lipinski definition) is 0. The highest BCUT2D eigenvalue weighted by Gasteiger charge is 2.13. The van der Waals surface area contributed by atoms with Crippen LogP contribution in [0, 0.1) is 10.1 Å². The Kier molecular flexibility index (Phi) is 5.72. The highest BCUT2D eigenvalue weighted by molar-refractivity contribution is 9.11. The van der Waals surface area contributed by atoms with Crippen LogP contribution >= 0.6 is 50.4 Å². The maximum atomic E-state index is 12.4. The molecule has 0 spiro atoms. The molecule has 0 saturated heterocycles. The fourth-order valence-electron chi connectivity index (χ4n) is 2.23. The van der Waals surface area contributed by atoms with Crippen LogP contribution in [0.1, 0.15) is 9.67 Å². The first-order chi connectivity index (χ1) is 12.0. The van der Waals surface area contributed by atoms with Gasteiger partial charge in [0.15, 0.2) is 4.80 Å². The Hall–Kier alpha value is -1.49. The molecular formula is C15H12BrN3O3S3. The molecule has 3 rings (SSSR count). The summed E-state index contributed by atoms with van der Waals surface area (Å²) in [6.45, 7) is 0.680. The van der Waals surface area contributed by atoms with Gasteiger partial charge in [0.1, 0.15) is 0 Å². The summed E-state index contributed by atoms with van der Waals surface area (Å²) >= 11 is 7.65. The molecule has 1 amide bonds.